The molecule has 90 valence electrons. The van der Waals surface area contributed by atoms with Gasteiger partial charge in [0.15, 0.2) is 5.90 Å². The van der Waals surface area contributed by atoms with E-state index >= 15 is 0 Å². The van der Waals surface area contributed by atoms with Crippen molar-refractivity contribution in [3.8, 4) is 0 Å². The lowest BCUT2D eigenvalue weighted by atomic mass is 10.1. The van der Waals surface area contributed by atoms with E-state index in [-0.39, 0.29) is 12.5 Å². The summed E-state index contributed by atoms with van der Waals surface area (Å²) in [6, 6.07) is 7.54. The molecule has 0 saturated carbocycles. The highest BCUT2D eigenvalue weighted by molar-refractivity contribution is 6.30. The Hall–Kier alpha value is -1.55. The summed E-state index contributed by atoms with van der Waals surface area (Å²) in [5.74, 6) is -0.604. The molecule has 1 aromatic carbocycles. The minimum absolute atomic E-state index is 0.00512. The number of benzene rings is 1. The minimum atomic E-state index is -0.920. The van der Waals surface area contributed by atoms with Crippen molar-refractivity contribution in [2.45, 2.75) is 18.9 Å². The maximum Gasteiger partial charge on any atom is 0.312 e. The first-order valence-corrected chi connectivity index (χ1v) is 5.67. The maximum absolute atomic E-state index is 10.5. The molecule has 1 N–H and O–H groups in total. The average Bonchev–Trinajstić information content (AvgIpc) is 2.68. The molecule has 1 aliphatic rings. The summed E-state index contributed by atoms with van der Waals surface area (Å²) in [4.78, 5) is 14.7. The van der Waals surface area contributed by atoms with Crippen LogP contribution in [-0.4, -0.2) is 29.6 Å². The van der Waals surface area contributed by atoms with Crippen LogP contribution in [0.4, 0.5) is 0 Å². The third-order valence-electron chi connectivity index (χ3n) is 2.46. The molecule has 0 saturated heterocycles. The first-order valence-electron chi connectivity index (χ1n) is 5.29. The molecule has 5 heteroatoms. The van der Waals surface area contributed by atoms with E-state index in [1.54, 1.807) is 0 Å². The van der Waals surface area contributed by atoms with Gasteiger partial charge in [-0.15, -0.1) is 0 Å². The quantitative estimate of drug-likeness (QED) is 0.895. The van der Waals surface area contributed by atoms with Crippen LogP contribution in [0.15, 0.2) is 29.3 Å². The van der Waals surface area contributed by atoms with Crippen molar-refractivity contribution in [3.63, 3.8) is 0 Å². The van der Waals surface area contributed by atoms with Gasteiger partial charge in [-0.05, 0) is 24.1 Å². The van der Waals surface area contributed by atoms with Crippen LogP contribution in [0.25, 0.3) is 0 Å². The van der Waals surface area contributed by atoms with E-state index in [1.165, 1.54) is 0 Å². The lowest BCUT2D eigenvalue weighted by Crippen LogP contribution is -2.10. The molecule has 1 aromatic rings. The van der Waals surface area contributed by atoms with Gasteiger partial charge in [-0.1, -0.05) is 23.7 Å². The molecule has 1 heterocycles. The normalized spacial score (nSPS) is 18.6. The molecule has 1 unspecified atom stereocenters. The molecular weight excluding hydrogens is 242 g/mol. The van der Waals surface area contributed by atoms with Crippen molar-refractivity contribution in [2.75, 3.05) is 6.61 Å². The number of carbonyl (C=O) groups is 1. The number of carboxylic acid groups (broad SMARTS) is 1. The van der Waals surface area contributed by atoms with E-state index in [0.29, 0.717) is 17.5 Å². The Morgan fingerprint density at radius 1 is 1.47 bits per heavy atom. The van der Waals surface area contributed by atoms with Crippen molar-refractivity contribution in [1.29, 1.82) is 0 Å². The van der Waals surface area contributed by atoms with E-state index < -0.39 is 5.97 Å². The maximum atomic E-state index is 10.5. The molecule has 0 bridgehead atoms. The fourth-order valence-corrected chi connectivity index (χ4v) is 1.82. The second kappa shape index (κ2) is 5.19. The van der Waals surface area contributed by atoms with Crippen LogP contribution in [-0.2, 0) is 16.0 Å². The summed E-state index contributed by atoms with van der Waals surface area (Å²) in [5, 5.41) is 9.31. The van der Waals surface area contributed by atoms with E-state index in [1.807, 2.05) is 24.3 Å². The fraction of sp³-hybridized carbons (Fsp3) is 0.333. The van der Waals surface area contributed by atoms with Gasteiger partial charge in [0.2, 0.25) is 0 Å². The first kappa shape index (κ1) is 11.9. The lowest BCUT2D eigenvalue weighted by Gasteiger charge is -2.04. The van der Waals surface area contributed by atoms with Crippen LogP contribution >= 0.6 is 11.6 Å². The Kier molecular flexibility index (Phi) is 3.64. The fourth-order valence-electron chi connectivity index (χ4n) is 1.69. The van der Waals surface area contributed by atoms with Gasteiger partial charge in [0.25, 0.3) is 0 Å². The predicted octanol–water partition coefficient (Wildman–Crippen LogP) is 2.15. The van der Waals surface area contributed by atoms with Crippen LogP contribution < -0.4 is 0 Å². The number of ether oxygens (including phenoxy) is 1. The molecule has 0 fully saturated rings. The molecule has 0 radical (unpaired) electrons. The van der Waals surface area contributed by atoms with Crippen molar-refractivity contribution in [2.24, 2.45) is 4.99 Å². The molecule has 2 rings (SSSR count). The zero-order chi connectivity index (χ0) is 12.3. The van der Waals surface area contributed by atoms with Gasteiger partial charge in [-0.25, -0.2) is 4.99 Å². The third kappa shape index (κ3) is 3.46. The summed E-state index contributed by atoms with van der Waals surface area (Å²) < 4.78 is 5.22. The van der Waals surface area contributed by atoms with Crippen LogP contribution in [0.1, 0.15) is 12.0 Å². The van der Waals surface area contributed by atoms with Gasteiger partial charge >= 0.3 is 5.97 Å². The van der Waals surface area contributed by atoms with Gasteiger partial charge in [-0.3, -0.25) is 4.79 Å². The summed E-state index contributed by atoms with van der Waals surface area (Å²) in [7, 11) is 0. The van der Waals surface area contributed by atoms with Gasteiger partial charge < -0.3 is 9.84 Å². The number of rotatable bonds is 4. The van der Waals surface area contributed by atoms with Crippen LogP contribution in [0, 0.1) is 0 Å². The second-order valence-electron chi connectivity index (χ2n) is 3.89. The summed E-state index contributed by atoms with van der Waals surface area (Å²) in [6.07, 6.45) is 0.595. The second-order valence-corrected chi connectivity index (χ2v) is 4.33. The monoisotopic (exact) mass is 253 g/mol. The van der Waals surface area contributed by atoms with Crippen LogP contribution in [0.5, 0.6) is 0 Å². The van der Waals surface area contributed by atoms with Crippen molar-refractivity contribution in [1.82, 2.24) is 0 Å². The Labute approximate surface area is 104 Å². The number of hydrogen-bond acceptors (Lipinski definition) is 3. The molecule has 0 aliphatic carbocycles. The Balaban J connectivity index is 1.95. The highest BCUT2D eigenvalue weighted by Gasteiger charge is 2.20. The molecule has 1 atom stereocenters. The zero-order valence-corrected chi connectivity index (χ0v) is 9.85. The summed E-state index contributed by atoms with van der Waals surface area (Å²) in [6.45, 7) is 0.450. The Bertz CT molecular complexity index is 442. The van der Waals surface area contributed by atoms with E-state index in [4.69, 9.17) is 21.4 Å². The number of hydrogen-bond donors (Lipinski definition) is 1. The Morgan fingerprint density at radius 3 is 2.82 bits per heavy atom. The molecule has 0 spiro atoms. The van der Waals surface area contributed by atoms with Gasteiger partial charge in [-0.2, -0.15) is 0 Å². The van der Waals surface area contributed by atoms with Crippen molar-refractivity contribution >= 4 is 23.5 Å². The van der Waals surface area contributed by atoms with E-state index in [0.717, 1.165) is 12.0 Å². The molecule has 1 aliphatic heterocycles. The molecule has 17 heavy (non-hydrogen) atoms. The number of aliphatic carboxylic acids is 1. The lowest BCUT2D eigenvalue weighted by molar-refractivity contribution is -0.135. The number of aliphatic imine (C=N–C) groups is 1. The molecular formula is C12H12ClNO3. The first-order chi connectivity index (χ1) is 8.13. The standard InChI is InChI=1S/C12H12ClNO3/c13-9-3-1-8(2-4-9)5-10-7-17-11(14-10)6-12(15)16/h1-4,10H,5-7H2,(H,15,16). The summed E-state index contributed by atoms with van der Waals surface area (Å²) in [5.41, 5.74) is 1.11. The predicted molar refractivity (Wildman–Crippen MR) is 64.6 cm³/mol. The van der Waals surface area contributed by atoms with Crippen LogP contribution in [0.3, 0.4) is 0 Å². The van der Waals surface area contributed by atoms with Crippen molar-refractivity contribution < 1.29 is 14.6 Å². The highest BCUT2D eigenvalue weighted by Crippen LogP contribution is 2.15. The third-order valence-corrected chi connectivity index (χ3v) is 2.71. The topological polar surface area (TPSA) is 58.9 Å². The number of halogens is 1. The molecule has 0 amide bonds. The number of nitrogens with zero attached hydrogens (tertiary/aromatic N) is 1. The largest absolute Gasteiger partial charge is 0.481 e. The van der Waals surface area contributed by atoms with E-state index in [9.17, 15) is 4.79 Å². The van der Waals surface area contributed by atoms with Gasteiger partial charge in [0.05, 0.1) is 6.04 Å². The van der Waals surface area contributed by atoms with Crippen LogP contribution in [0.2, 0.25) is 5.02 Å². The highest BCUT2D eigenvalue weighted by atomic mass is 35.5. The van der Waals surface area contributed by atoms with E-state index in [2.05, 4.69) is 4.99 Å². The minimum Gasteiger partial charge on any atom is -0.481 e. The Morgan fingerprint density at radius 2 is 2.18 bits per heavy atom. The SMILES string of the molecule is O=C(O)CC1=NC(Cc2ccc(Cl)cc2)CO1. The van der Waals surface area contributed by atoms with Gasteiger partial charge in [0.1, 0.15) is 13.0 Å². The molecule has 0 aromatic heterocycles. The number of carboxylic acids is 1. The molecule has 4 nitrogen and oxygen atoms in total. The smallest absolute Gasteiger partial charge is 0.312 e. The van der Waals surface area contributed by atoms with Crippen molar-refractivity contribution in [3.05, 3.63) is 34.9 Å². The van der Waals surface area contributed by atoms with Gasteiger partial charge in [0, 0.05) is 5.02 Å². The zero-order valence-electron chi connectivity index (χ0n) is 9.10. The summed E-state index contributed by atoms with van der Waals surface area (Å²) >= 11 is 5.79. The average molecular weight is 254 g/mol.